The average molecular weight is 405 g/mol. The van der Waals surface area contributed by atoms with Gasteiger partial charge in [-0.3, -0.25) is 9.69 Å². The van der Waals surface area contributed by atoms with Crippen LogP contribution in [0.15, 0.2) is 40.4 Å². The number of fused-ring (bicyclic) bond motifs is 1. The van der Waals surface area contributed by atoms with Gasteiger partial charge in [-0.25, -0.2) is 4.79 Å². The number of rotatable bonds is 5. The third-order valence-corrected chi connectivity index (χ3v) is 6.46. The Labute approximate surface area is 155 Å². The van der Waals surface area contributed by atoms with E-state index in [2.05, 4.69) is 0 Å². The molecule has 2 atom stereocenters. The number of alkyl halides is 3. The Morgan fingerprint density at radius 2 is 2.04 bits per heavy atom. The number of hydrogen-bond donors (Lipinski definition) is 1. The first-order valence-corrected chi connectivity index (χ1v) is 9.50. The second-order valence-electron chi connectivity index (χ2n) is 5.63. The van der Waals surface area contributed by atoms with E-state index in [0.29, 0.717) is 16.2 Å². The molecule has 0 bridgehead atoms. The van der Waals surface area contributed by atoms with Gasteiger partial charge in [-0.05, 0) is 29.8 Å². The Morgan fingerprint density at radius 1 is 1.38 bits per heavy atom. The standard InChI is InChI=1S/C16H14F3NO4S2/c1-24-12-13(21)20-11(15(22)23)8(7-26-14(12)20)6-25-10-4-2-9(3-5-10)16(17,18)19/h2-5,12,14H,6-7H2,1H3,(H,22,23)/t12-,14+/m0/s1. The fourth-order valence-electron chi connectivity index (χ4n) is 2.75. The molecule has 0 radical (unpaired) electrons. The molecule has 1 aromatic rings. The second-order valence-corrected chi connectivity index (χ2v) is 7.79. The molecule has 0 aromatic heterocycles. The van der Waals surface area contributed by atoms with Crippen molar-refractivity contribution >= 4 is 35.4 Å². The predicted octanol–water partition coefficient (Wildman–Crippen LogP) is 3.07. The number of carbonyl (C=O) groups is 2. The monoisotopic (exact) mass is 405 g/mol. The molecule has 0 saturated carbocycles. The zero-order valence-corrected chi connectivity index (χ0v) is 15.1. The topological polar surface area (TPSA) is 66.8 Å². The van der Waals surface area contributed by atoms with Crippen molar-refractivity contribution in [2.45, 2.75) is 22.5 Å². The van der Waals surface area contributed by atoms with Crippen molar-refractivity contribution in [3.8, 4) is 0 Å². The van der Waals surface area contributed by atoms with Gasteiger partial charge in [-0.15, -0.1) is 23.5 Å². The minimum atomic E-state index is -4.40. The number of nitrogens with zero attached hydrogens (tertiary/aromatic N) is 1. The van der Waals surface area contributed by atoms with E-state index in [4.69, 9.17) is 4.74 Å². The highest BCUT2D eigenvalue weighted by molar-refractivity contribution is 8.01. The lowest BCUT2D eigenvalue weighted by atomic mass is 10.1. The molecule has 2 aliphatic rings. The lowest BCUT2D eigenvalue weighted by molar-refractivity contribution is -0.162. The van der Waals surface area contributed by atoms with E-state index in [1.807, 2.05) is 0 Å². The van der Waals surface area contributed by atoms with Crippen LogP contribution in [0.1, 0.15) is 5.56 Å². The van der Waals surface area contributed by atoms with Crippen LogP contribution in [0.2, 0.25) is 0 Å². The van der Waals surface area contributed by atoms with E-state index < -0.39 is 23.8 Å². The van der Waals surface area contributed by atoms with E-state index in [9.17, 15) is 27.9 Å². The average Bonchev–Trinajstić information content (AvgIpc) is 2.59. The number of methoxy groups -OCH3 is 1. The number of benzene rings is 1. The van der Waals surface area contributed by atoms with Crippen molar-refractivity contribution in [3.05, 3.63) is 41.1 Å². The van der Waals surface area contributed by atoms with Gasteiger partial charge in [0.05, 0.1) is 5.56 Å². The molecular weight excluding hydrogens is 391 g/mol. The normalized spacial score (nSPS) is 22.9. The smallest absolute Gasteiger partial charge is 0.416 e. The molecule has 140 valence electrons. The summed E-state index contributed by atoms with van der Waals surface area (Å²) in [7, 11) is 1.40. The summed E-state index contributed by atoms with van der Waals surface area (Å²) in [6.07, 6.45) is -5.04. The van der Waals surface area contributed by atoms with Crippen LogP contribution in [0.25, 0.3) is 0 Å². The van der Waals surface area contributed by atoms with Gasteiger partial charge < -0.3 is 9.84 Å². The van der Waals surface area contributed by atoms with Crippen molar-refractivity contribution in [2.75, 3.05) is 18.6 Å². The van der Waals surface area contributed by atoms with Gasteiger partial charge in [0.15, 0.2) is 6.10 Å². The molecule has 0 aliphatic carbocycles. The van der Waals surface area contributed by atoms with E-state index in [1.54, 1.807) is 0 Å². The molecular formula is C16H14F3NO4S2. The number of carboxylic acids is 1. The van der Waals surface area contributed by atoms with Crippen LogP contribution in [0, 0.1) is 0 Å². The van der Waals surface area contributed by atoms with Crippen LogP contribution in [0.4, 0.5) is 13.2 Å². The second kappa shape index (κ2) is 7.16. The van der Waals surface area contributed by atoms with Crippen molar-refractivity contribution in [3.63, 3.8) is 0 Å². The third-order valence-electron chi connectivity index (χ3n) is 4.05. The maximum atomic E-state index is 12.6. The molecule has 5 nitrogen and oxygen atoms in total. The van der Waals surface area contributed by atoms with Crippen LogP contribution in [0.3, 0.4) is 0 Å². The minimum Gasteiger partial charge on any atom is -0.477 e. The predicted molar refractivity (Wildman–Crippen MR) is 90.7 cm³/mol. The summed E-state index contributed by atoms with van der Waals surface area (Å²) >= 11 is 2.65. The van der Waals surface area contributed by atoms with Crippen molar-refractivity contribution in [2.24, 2.45) is 0 Å². The molecule has 0 unspecified atom stereocenters. The fourth-order valence-corrected chi connectivity index (χ4v) is 5.16. The summed E-state index contributed by atoms with van der Waals surface area (Å²) in [6.45, 7) is 0. The molecule has 0 spiro atoms. The van der Waals surface area contributed by atoms with Gasteiger partial charge in [0.2, 0.25) is 0 Å². The molecule has 1 amide bonds. The first-order chi connectivity index (χ1) is 12.2. The number of β-lactam (4-membered cyclic amide) rings is 1. The van der Waals surface area contributed by atoms with E-state index in [0.717, 1.165) is 12.1 Å². The Morgan fingerprint density at radius 3 is 2.58 bits per heavy atom. The van der Waals surface area contributed by atoms with Crippen molar-refractivity contribution in [1.29, 1.82) is 0 Å². The molecule has 1 saturated heterocycles. The summed E-state index contributed by atoms with van der Waals surface area (Å²) in [5.41, 5.74) is -0.224. The third kappa shape index (κ3) is 3.45. The highest BCUT2D eigenvalue weighted by Crippen LogP contribution is 2.42. The quantitative estimate of drug-likeness (QED) is 0.600. The van der Waals surface area contributed by atoms with Gasteiger partial charge >= 0.3 is 12.1 Å². The number of ether oxygens (including phenoxy) is 1. The number of thioether (sulfide) groups is 2. The van der Waals surface area contributed by atoms with E-state index >= 15 is 0 Å². The van der Waals surface area contributed by atoms with Crippen LogP contribution in [-0.2, 0) is 20.5 Å². The number of carboxylic acid groups (broad SMARTS) is 1. The highest BCUT2D eigenvalue weighted by atomic mass is 32.2. The number of carbonyl (C=O) groups excluding carboxylic acids is 1. The number of amides is 1. The maximum Gasteiger partial charge on any atom is 0.416 e. The van der Waals surface area contributed by atoms with Crippen LogP contribution >= 0.6 is 23.5 Å². The molecule has 2 heterocycles. The summed E-state index contributed by atoms with van der Waals surface area (Å²) in [5.74, 6) is -0.891. The van der Waals surface area contributed by atoms with Gasteiger partial charge in [-0.2, -0.15) is 13.2 Å². The lowest BCUT2D eigenvalue weighted by Gasteiger charge is -2.48. The molecule has 1 aromatic carbocycles. The zero-order chi connectivity index (χ0) is 19.1. The fraction of sp³-hybridized carbons (Fsp3) is 0.375. The molecule has 1 fully saturated rings. The van der Waals surface area contributed by atoms with Gasteiger partial charge in [0.25, 0.3) is 5.91 Å². The first kappa shape index (κ1) is 19.1. The lowest BCUT2D eigenvalue weighted by Crippen LogP contribution is -2.65. The number of aliphatic carboxylic acids is 1. The highest BCUT2D eigenvalue weighted by Gasteiger charge is 2.53. The Balaban J connectivity index is 1.75. The van der Waals surface area contributed by atoms with Gasteiger partial charge in [0, 0.05) is 23.5 Å². The summed E-state index contributed by atoms with van der Waals surface area (Å²) in [5, 5.41) is 9.15. The van der Waals surface area contributed by atoms with Crippen molar-refractivity contribution in [1.82, 2.24) is 4.90 Å². The van der Waals surface area contributed by atoms with Crippen LogP contribution < -0.4 is 0 Å². The van der Waals surface area contributed by atoms with E-state index in [1.165, 1.54) is 47.7 Å². The molecule has 3 rings (SSSR count). The van der Waals surface area contributed by atoms with Crippen LogP contribution in [-0.4, -0.2) is 52.0 Å². The van der Waals surface area contributed by atoms with Crippen LogP contribution in [0.5, 0.6) is 0 Å². The van der Waals surface area contributed by atoms with Gasteiger partial charge in [-0.1, -0.05) is 0 Å². The summed E-state index contributed by atoms with van der Waals surface area (Å²) in [6, 6.07) is 4.68. The summed E-state index contributed by atoms with van der Waals surface area (Å²) < 4.78 is 42.8. The van der Waals surface area contributed by atoms with Crippen molar-refractivity contribution < 1.29 is 32.6 Å². The zero-order valence-electron chi connectivity index (χ0n) is 13.4. The molecule has 10 heteroatoms. The Bertz CT molecular complexity index is 764. The molecule has 26 heavy (non-hydrogen) atoms. The van der Waals surface area contributed by atoms with Gasteiger partial charge in [0.1, 0.15) is 11.1 Å². The summed E-state index contributed by atoms with van der Waals surface area (Å²) in [4.78, 5) is 25.5. The number of halogens is 3. The minimum absolute atomic E-state index is 0.0496. The molecule has 2 aliphatic heterocycles. The SMILES string of the molecule is CO[C@H]1C(=O)N2C(C(=O)O)=C(CSc3ccc(C(F)(F)F)cc3)CS[C@H]12. The van der Waals surface area contributed by atoms with E-state index in [-0.39, 0.29) is 22.7 Å². The Hall–Kier alpha value is -1.65. The largest absolute Gasteiger partial charge is 0.477 e. The molecule has 1 N–H and O–H groups in total. The number of hydrogen-bond acceptors (Lipinski definition) is 5. The Kier molecular flexibility index (Phi) is 5.27. The maximum absolute atomic E-state index is 12.6. The first-order valence-electron chi connectivity index (χ1n) is 7.47.